The van der Waals surface area contributed by atoms with E-state index in [0.29, 0.717) is 32.6 Å². The van der Waals surface area contributed by atoms with Gasteiger partial charge in [0.2, 0.25) is 0 Å². The van der Waals surface area contributed by atoms with Gasteiger partial charge in [0, 0.05) is 21.3 Å². The number of carbonyl (C=O) groups is 1. The monoisotopic (exact) mass is 569 g/mol. The van der Waals surface area contributed by atoms with Crippen LogP contribution in [0.2, 0.25) is 10.0 Å². The number of hydrogen-bond acceptors (Lipinski definition) is 5. The highest BCUT2D eigenvalue weighted by Gasteiger charge is 2.36. The molecule has 38 heavy (non-hydrogen) atoms. The summed E-state index contributed by atoms with van der Waals surface area (Å²) in [5, 5.41) is 3.89. The maximum atomic E-state index is 13.4. The van der Waals surface area contributed by atoms with Crippen LogP contribution in [0.15, 0.2) is 66.7 Å². The number of esters is 1. The van der Waals surface area contributed by atoms with E-state index in [1.807, 2.05) is 0 Å². The van der Waals surface area contributed by atoms with E-state index in [2.05, 4.69) is 5.32 Å². The highest BCUT2D eigenvalue weighted by molar-refractivity contribution is 6.35. The van der Waals surface area contributed by atoms with Crippen LogP contribution in [0.4, 0.5) is 18.9 Å². The molecule has 5 nitrogen and oxygen atoms in total. The maximum absolute atomic E-state index is 13.4. The third-order valence-electron chi connectivity index (χ3n) is 5.42. The molecule has 0 aromatic heterocycles. The lowest BCUT2D eigenvalue weighted by Gasteiger charge is -2.31. The number of carbonyl (C=O) groups excluding carboxylic acids is 1. The fourth-order valence-electron chi connectivity index (χ4n) is 3.58. The third kappa shape index (κ3) is 8.03. The molecule has 204 valence electrons. The Morgan fingerprint density at radius 1 is 0.921 bits per heavy atom. The van der Waals surface area contributed by atoms with E-state index in [1.54, 1.807) is 63.2 Å². The highest BCUT2D eigenvalue weighted by atomic mass is 35.5. The number of alkyl halides is 3. The minimum atomic E-state index is -4.51. The Morgan fingerprint density at radius 2 is 1.50 bits per heavy atom. The summed E-state index contributed by atoms with van der Waals surface area (Å²) in [7, 11) is 1.53. The number of halogens is 5. The standard InChI is InChI=1S/C28H28Cl2F3NO4/c1-27(2,3)38-26(35)25(37-16-21-22(29)6-5-7-23(21)30)24(34-19-12-14-20(36-4)15-13-19)17-8-10-18(11-9-17)28(31,32)33/h5-15,24-25,34H,16H2,1-4H3/t24-,25+/m1/s1. The Morgan fingerprint density at radius 3 is 2.00 bits per heavy atom. The van der Waals surface area contributed by atoms with Crippen molar-refractivity contribution < 1.29 is 32.2 Å². The zero-order chi connectivity index (χ0) is 28.1. The van der Waals surface area contributed by atoms with Crippen LogP contribution in [0.25, 0.3) is 0 Å². The van der Waals surface area contributed by atoms with E-state index in [1.165, 1.54) is 19.2 Å². The Labute approximate surface area is 229 Å². The molecule has 0 bridgehead atoms. The predicted octanol–water partition coefficient (Wildman–Crippen LogP) is 8.10. The number of methoxy groups -OCH3 is 1. The predicted molar refractivity (Wildman–Crippen MR) is 142 cm³/mol. The van der Waals surface area contributed by atoms with Crippen LogP contribution in [0.3, 0.4) is 0 Å². The molecule has 0 saturated carbocycles. The molecule has 0 unspecified atom stereocenters. The maximum Gasteiger partial charge on any atom is 0.416 e. The van der Waals surface area contributed by atoms with Gasteiger partial charge < -0.3 is 19.5 Å². The van der Waals surface area contributed by atoms with Crippen molar-refractivity contribution in [2.45, 2.75) is 51.3 Å². The molecule has 0 aliphatic carbocycles. The minimum absolute atomic E-state index is 0.149. The smallest absolute Gasteiger partial charge is 0.416 e. The minimum Gasteiger partial charge on any atom is -0.497 e. The average Bonchev–Trinajstić information content (AvgIpc) is 2.84. The molecular formula is C28H28Cl2F3NO4. The summed E-state index contributed by atoms with van der Waals surface area (Å²) >= 11 is 12.6. The molecule has 0 spiro atoms. The largest absolute Gasteiger partial charge is 0.497 e. The summed E-state index contributed by atoms with van der Waals surface area (Å²) in [6.45, 7) is 4.97. The van der Waals surface area contributed by atoms with Gasteiger partial charge in [-0.2, -0.15) is 13.2 Å². The number of hydrogen-bond donors (Lipinski definition) is 1. The number of ether oxygens (including phenoxy) is 3. The summed E-state index contributed by atoms with van der Waals surface area (Å²) in [6.07, 6.45) is -5.81. The summed E-state index contributed by atoms with van der Waals surface area (Å²) in [6, 6.07) is 15.4. The van der Waals surface area contributed by atoms with Crippen molar-refractivity contribution in [3.8, 4) is 5.75 Å². The van der Waals surface area contributed by atoms with Crippen molar-refractivity contribution in [1.29, 1.82) is 0 Å². The van der Waals surface area contributed by atoms with Crippen LogP contribution in [0, 0.1) is 0 Å². The van der Waals surface area contributed by atoms with Gasteiger partial charge in [-0.05, 0) is 74.9 Å². The van der Waals surface area contributed by atoms with Gasteiger partial charge in [0.15, 0.2) is 6.10 Å². The lowest BCUT2D eigenvalue weighted by molar-refractivity contribution is -0.170. The van der Waals surface area contributed by atoms with Gasteiger partial charge >= 0.3 is 12.1 Å². The van der Waals surface area contributed by atoms with Crippen LogP contribution in [0.5, 0.6) is 5.75 Å². The SMILES string of the molecule is COc1ccc(N[C@H](c2ccc(C(F)(F)F)cc2)[C@H](OCc2c(Cl)cccc2Cl)C(=O)OC(C)(C)C)cc1. The Hall–Kier alpha value is -2.94. The van der Waals surface area contributed by atoms with E-state index in [9.17, 15) is 18.0 Å². The van der Waals surface area contributed by atoms with Crippen molar-refractivity contribution >= 4 is 34.9 Å². The molecular weight excluding hydrogens is 542 g/mol. The van der Waals surface area contributed by atoms with Gasteiger partial charge in [0.05, 0.1) is 25.3 Å². The summed E-state index contributed by atoms with van der Waals surface area (Å²) in [4.78, 5) is 13.4. The lowest BCUT2D eigenvalue weighted by atomic mass is 9.98. The van der Waals surface area contributed by atoms with Gasteiger partial charge in [0.1, 0.15) is 11.4 Å². The first kappa shape index (κ1) is 29.6. The molecule has 0 aliphatic rings. The van der Waals surface area contributed by atoms with Gasteiger partial charge in [0.25, 0.3) is 0 Å². The molecule has 2 atom stereocenters. The van der Waals surface area contributed by atoms with Gasteiger partial charge in [-0.15, -0.1) is 0 Å². The van der Waals surface area contributed by atoms with Crippen LogP contribution < -0.4 is 10.1 Å². The number of rotatable bonds is 9. The average molecular weight is 570 g/mol. The number of benzene rings is 3. The van der Waals surface area contributed by atoms with Crippen molar-refractivity contribution in [2.24, 2.45) is 0 Å². The van der Waals surface area contributed by atoms with Crippen molar-refractivity contribution in [3.63, 3.8) is 0 Å². The van der Waals surface area contributed by atoms with Crippen molar-refractivity contribution in [1.82, 2.24) is 0 Å². The van der Waals surface area contributed by atoms with Gasteiger partial charge in [-0.25, -0.2) is 4.79 Å². The highest BCUT2D eigenvalue weighted by Crippen LogP contribution is 2.34. The van der Waals surface area contributed by atoms with E-state index >= 15 is 0 Å². The molecule has 10 heteroatoms. The fourth-order valence-corrected chi connectivity index (χ4v) is 4.09. The fraction of sp³-hybridized carbons (Fsp3) is 0.321. The van der Waals surface area contributed by atoms with E-state index in [4.69, 9.17) is 37.4 Å². The molecule has 0 fully saturated rings. The van der Waals surface area contributed by atoms with E-state index in [0.717, 1.165) is 12.1 Å². The Kier molecular flexibility index (Phi) is 9.57. The Bertz CT molecular complexity index is 1210. The van der Waals surface area contributed by atoms with E-state index < -0.39 is 35.5 Å². The van der Waals surface area contributed by atoms with Crippen LogP contribution in [0.1, 0.15) is 43.5 Å². The topological polar surface area (TPSA) is 56.8 Å². The zero-order valence-corrected chi connectivity index (χ0v) is 22.7. The lowest BCUT2D eigenvalue weighted by Crippen LogP contribution is -2.40. The molecule has 3 aromatic rings. The number of anilines is 1. The normalized spacial score (nSPS) is 13.5. The van der Waals surface area contributed by atoms with Crippen LogP contribution in [-0.4, -0.2) is 24.8 Å². The molecule has 0 heterocycles. The molecule has 0 radical (unpaired) electrons. The third-order valence-corrected chi connectivity index (χ3v) is 6.13. The second-order valence-corrected chi connectivity index (χ2v) is 10.2. The molecule has 0 saturated heterocycles. The van der Waals surface area contributed by atoms with E-state index in [-0.39, 0.29) is 6.61 Å². The molecule has 3 aromatic carbocycles. The van der Waals surface area contributed by atoms with Crippen molar-refractivity contribution in [2.75, 3.05) is 12.4 Å². The molecule has 0 aliphatic heterocycles. The second kappa shape index (κ2) is 12.3. The van der Waals surface area contributed by atoms with Gasteiger partial charge in [-0.3, -0.25) is 0 Å². The molecule has 3 rings (SSSR count). The summed E-state index contributed by atoms with van der Waals surface area (Å²) < 4.78 is 56.6. The quantitative estimate of drug-likeness (QED) is 0.264. The van der Waals surface area contributed by atoms with Crippen molar-refractivity contribution in [3.05, 3.63) is 93.5 Å². The zero-order valence-electron chi connectivity index (χ0n) is 21.2. The van der Waals surface area contributed by atoms with Crippen LogP contribution in [-0.2, 0) is 27.1 Å². The van der Waals surface area contributed by atoms with Gasteiger partial charge in [-0.1, -0.05) is 41.4 Å². The first-order chi connectivity index (χ1) is 17.8. The second-order valence-electron chi connectivity index (χ2n) is 9.44. The summed E-state index contributed by atoms with van der Waals surface area (Å²) in [5.74, 6) is -0.110. The number of nitrogens with one attached hydrogen (secondary N) is 1. The summed E-state index contributed by atoms with van der Waals surface area (Å²) in [5.41, 5.74) is -0.272. The molecule has 0 amide bonds. The first-order valence-electron chi connectivity index (χ1n) is 11.6. The molecule has 1 N–H and O–H groups in total. The first-order valence-corrected chi connectivity index (χ1v) is 12.4. The Balaban J connectivity index is 2.05. The van der Waals surface area contributed by atoms with Crippen LogP contribution >= 0.6 is 23.2 Å².